The van der Waals surface area contributed by atoms with E-state index in [1.165, 1.54) is 49.6 Å². The van der Waals surface area contributed by atoms with Gasteiger partial charge in [-0.05, 0) is 60.6 Å². The molecule has 31 heavy (non-hydrogen) atoms. The number of hydrogen-bond donors (Lipinski definition) is 1. The van der Waals surface area contributed by atoms with E-state index in [1.54, 1.807) is 0 Å². The van der Waals surface area contributed by atoms with Gasteiger partial charge in [-0.2, -0.15) is 0 Å². The van der Waals surface area contributed by atoms with E-state index in [1.807, 2.05) is 0 Å². The normalized spacial score (nSPS) is 15.1. The van der Waals surface area contributed by atoms with Crippen molar-refractivity contribution in [1.82, 2.24) is 4.72 Å². The van der Waals surface area contributed by atoms with E-state index in [-0.39, 0.29) is 31.3 Å². The molecular weight excluding hydrogens is 428 g/mol. The number of rotatable bonds is 13. The molecular formula is C22H27F2NO5S. The number of hydrogen-bond acceptors (Lipinski definition) is 5. The highest BCUT2D eigenvalue weighted by atomic mass is 32.2. The Bertz CT molecular complexity index is 949. The van der Waals surface area contributed by atoms with E-state index >= 15 is 0 Å². The topological polar surface area (TPSA) is 73.9 Å². The van der Waals surface area contributed by atoms with Gasteiger partial charge in [-0.1, -0.05) is 18.2 Å². The number of nitrogens with one attached hydrogen (secondary N) is 1. The van der Waals surface area contributed by atoms with Crippen molar-refractivity contribution in [1.29, 1.82) is 0 Å². The minimum atomic E-state index is -3.71. The second-order valence-corrected chi connectivity index (χ2v) is 9.41. The molecule has 1 atom stereocenters. The number of ether oxygens (including phenoxy) is 3. The first-order valence-electron chi connectivity index (χ1n) is 10.1. The van der Waals surface area contributed by atoms with Gasteiger partial charge in [0, 0.05) is 7.11 Å². The highest BCUT2D eigenvalue weighted by molar-refractivity contribution is 7.89. The highest BCUT2D eigenvalue weighted by Gasteiger charge is 2.25. The molecule has 0 saturated heterocycles. The summed E-state index contributed by atoms with van der Waals surface area (Å²) < 4.78 is 71.2. The first kappa shape index (κ1) is 23.6. The molecule has 0 amide bonds. The molecule has 1 unspecified atom stereocenters. The van der Waals surface area contributed by atoms with Gasteiger partial charge in [0.25, 0.3) is 0 Å². The summed E-state index contributed by atoms with van der Waals surface area (Å²) in [6.07, 6.45) is 2.40. The molecule has 0 bridgehead atoms. The quantitative estimate of drug-likeness (QED) is 0.368. The minimum absolute atomic E-state index is 0.0728. The van der Waals surface area contributed by atoms with Gasteiger partial charge in [0.1, 0.15) is 12.6 Å². The molecule has 0 aliphatic heterocycles. The summed E-state index contributed by atoms with van der Waals surface area (Å²) in [6.45, 7) is 0.741. The van der Waals surface area contributed by atoms with E-state index in [0.29, 0.717) is 23.7 Å². The summed E-state index contributed by atoms with van der Waals surface area (Å²) in [4.78, 5) is 0. The third-order valence-corrected chi connectivity index (χ3v) is 6.28. The van der Waals surface area contributed by atoms with Gasteiger partial charge < -0.3 is 14.2 Å². The smallest absolute Gasteiger partial charge is 0.212 e. The number of methoxy groups -OCH3 is 1. The Balaban J connectivity index is 1.79. The van der Waals surface area contributed by atoms with Crippen molar-refractivity contribution in [2.24, 2.45) is 5.92 Å². The predicted octanol–water partition coefficient (Wildman–Crippen LogP) is 3.77. The molecule has 1 N–H and O–H groups in total. The molecule has 1 saturated carbocycles. The Labute approximate surface area is 181 Å². The number of benzene rings is 2. The van der Waals surface area contributed by atoms with Gasteiger partial charge in [0.15, 0.2) is 11.6 Å². The Kier molecular flexibility index (Phi) is 8.36. The average Bonchev–Trinajstić information content (AvgIpc) is 3.57. The van der Waals surface area contributed by atoms with Crippen molar-refractivity contribution in [3.63, 3.8) is 0 Å². The second-order valence-electron chi connectivity index (χ2n) is 7.53. The van der Waals surface area contributed by atoms with Crippen LogP contribution >= 0.6 is 0 Å². The minimum Gasteiger partial charge on any atom is -0.490 e. The molecule has 1 aliphatic carbocycles. The molecule has 0 heterocycles. The Morgan fingerprint density at radius 1 is 1.10 bits per heavy atom. The van der Waals surface area contributed by atoms with Crippen molar-refractivity contribution in [3.05, 3.63) is 65.2 Å². The fourth-order valence-corrected chi connectivity index (χ4v) is 4.26. The van der Waals surface area contributed by atoms with Crippen molar-refractivity contribution >= 4 is 10.0 Å². The van der Waals surface area contributed by atoms with Gasteiger partial charge in [0.05, 0.1) is 25.0 Å². The van der Waals surface area contributed by atoms with Crippen LogP contribution in [0.3, 0.4) is 0 Å². The van der Waals surface area contributed by atoms with Crippen LogP contribution in [0.5, 0.6) is 5.75 Å². The maximum atomic E-state index is 14.2. The van der Waals surface area contributed by atoms with Crippen molar-refractivity contribution < 1.29 is 31.4 Å². The fourth-order valence-electron chi connectivity index (χ4n) is 3.02. The highest BCUT2D eigenvalue weighted by Crippen LogP contribution is 2.32. The van der Waals surface area contributed by atoms with Crippen LogP contribution in [0.2, 0.25) is 0 Å². The fraction of sp³-hybridized carbons (Fsp3) is 0.455. The van der Waals surface area contributed by atoms with E-state index in [4.69, 9.17) is 14.2 Å². The molecule has 0 spiro atoms. The lowest BCUT2D eigenvalue weighted by Gasteiger charge is -2.21. The van der Waals surface area contributed by atoms with E-state index in [2.05, 4.69) is 4.72 Å². The zero-order valence-corrected chi connectivity index (χ0v) is 18.2. The van der Waals surface area contributed by atoms with Gasteiger partial charge in [-0.25, -0.2) is 21.9 Å². The zero-order chi connectivity index (χ0) is 22.3. The zero-order valence-electron chi connectivity index (χ0n) is 17.4. The van der Waals surface area contributed by atoms with Gasteiger partial charge in [-0.15, -0.1) is 0 Å². The van der Waals surface area contributed by atoms with Crippen molar-refractivity contribution in [2.45, 2.75) is 25.3 Å². The molecule has 0 radical (unpaired) electrons. The lowest BCUT2D eigenvalue weighted by Crippen LogP contribution is -2.32. The molecule has 1 fully saturated rings. The standard InChI is InChI=1S/C22H27F2NO5S/c1-28-15-29-11-2-12-31(26,27)25-22(17-5-8-19(23)9-6-17)18-7-10-20(24)21(13-18)30-14-16-3-4-16/h5-10,13,16,22,25H,2-4,11-12,14-15H2,1H3. The van der Waals surface area contributed by atoms with Crippen LogP contribution in [-0.2, 0) is 19.5 Å². The Morgan fingerprint density at radius 2 is 1.81 bits per heavy atom. The maximum Gasteiger partial charge on any atom is 0.212 e. The largest absolute Gasteiger partial charge is 0.490 e. The molecule has 170 valence electrons. The first-order valence-corrected chi connectivity index (χ1v) is 11.8. The third-order valence-electron chi connectivity index (χ3n) is 4.86. The van der Waals surface area contributed by atoms with Crippen LogP contribution in [0.1, 0.15) is 36.4 Å². The number of halogens is 2. The number of sulfonamides is 1. The van der Waals surface area contributed by atoms with Gasteiger partial charge in [-0.3, -0.25) is 0 Å². The third kappa shape index (κ3) is 7.53. The summed E-state index contributed by atoms with van der Waals surface area (Å²) in [5.41, 5.74) is 1.03. The summed E-state index contributed by atoms with van der Waals surface area (Å²) in [6, 6.07) is 8.92. The SMILES string of the molecule is COCOCCCS(=O)(=O)NC(c1ccc(F)cc1)c1ccc(F)c(OCC2CC2)c1. The molecule has 1 aliphatic rings. The van der Waals surface area contributed by atoms with E-state index in [0.717, 1.165) is 12.8 Å². The van der Waals surface area contributed by atoms with E-state index < -0.39 is 27.7 Å². The molecule has 2 aromatic carbocycles. The van der Waals surface area contributed by atoms with Crippen LogP contribution in [0.25, 0.3) is 0 Å². The van der Waals surface area contributed by atoms with Gasteiger partial charge >= 0.3 is 0 Å². The van der Waals surface area contributed by atoms with Crippen LogP contribution in [0.4, 0.5) is 8.78 Å². The molecule has 9 heteroatoms. The molecule has 0 aromatic heterocycles. The average molecular weight is 456 g/mol. The van der Waals surface area contributed by atoms with Crippen LogP contribution in [-0.4, -0.2) is 41.3 Å². The van der Waals surface area contributed by atoms with Crippen LogP contribution in [0, 0.1) is 17.6 Å². The summed E-state index contributed by atoms with van der Waals surface area (Å²) >= 11 is 0. The second kappa shape index (κ2) is 11.0. The monoisotopic (exact) mass is 455 g/mol. The Morgan fingerprint density at radius 3 is 2.48 bits per heavy atom. The van der Waals surface area contributed by atoms with Crippen molar-refractivity contribution in [3.8, 4) is 5.75 Å². The molecule has 3 rings (SSSR count). The van der Waals surface area contributed by atoms with Crippen LogP contribution in [0.15, 0.2) is 42.5 Å². The Hall–Kier alpha value is -2.07. The maximum absolute atomic E-state index is 14.2. The first-order chi connectivity index (χ1) is 14.9. The molecule has 2 aromatic rings. The lowest BCUT2D eigenvalue weighted by atomic mass is 9.99. The van der Waals surface area contributed by atoms with Gasteiger partial charge in [0.2, 0.25) is 10.0 Å². The van der Waals surface area contributed by atoms with E-state index in [9.17, 15) is 17.2 Å². The molecule has 6 nitrogen and oxygen atoms in total. The summed E-state index contributed by atoms with van der Waals surface area (Å²) in [5, 5.41) is 0. The summed E-state index contributed by atoms with van der Waals surface area (Å²) in [7, 11) is -2.23. The van der Waals surface area contributed by atoms with Crippen LogP contribution < -0.4 is 9.46 Å². The predicted molar refractivity (Wildman–Crippen MR) is 112 cm³/mol. The summed E-state index contributed by atoms with van der Waals surface area (Å²) in [5.74, 6) is -0.604. The lowest BCUT2D eigenvalue weighted by molar-refractivity contribution is -0.0298. The van der Waals surface area contributed by atoms with Crippen molar-refractivity contribution in [2.75, 3.05) is 32.9 Å².